The minimum atomic E-state index is 0.167. The number of nitrogens with two attached hydrogens (primary N) is 1. The monoisotopic (exact) mass is 324 g/mol. The fraction of sp³-hybridized carbons (Fsp3) is 0.625. The quantitative estimate of drug-likeness (QED) is 0.906. The largest absolute Gasteiger partial charge is 0.326 e. The summed E-state index contributed by atoms with van der Waals surface area (Å²) in [6.07, 6.45) is 6.74. The molecule has 2 nitrogen and oxygen atoms in total. The first-order valence-corrected chi connectivity index (χ1v) is 8.23. The van der Waals surface area contributed by atoms with Crippen molar-refractivity contribution in [3.63, 3.8) is 0 Å². The molecule has 0 bridgehead atoms. The van der Waals surface area contributed by atoms with E-state index in [0.717, 1.165) is 4.47 Å². The highest BCUT2D eigenvalue weighted by atomic mass is 79.9. The second-order valence-corrected chi connectivity index (χ2v) is 6.57. The third kappa shape index (κ3) is 4.30. The maximum Gasteiger partial charge on any atom is 0.0496 e. The van der Waals surface area contributed by atoms with Gasteiger partial charge in [0.25, 0.3) is 0 Å². The van der Waals surface area contributed by atoms with Crippen LogP contribution in [0.2, 0.25) is 0 Å². The van der Waals surface area contributed by atoms with Crippen molar-refractivity contribution in [1.82, 2.24) is 4.90 Å². The molecule has 2 rings (SSSR count). The van der Waals surface area contributed by atoms with Gasteiger partial charge in [0.05, 0.1) is 0 Å². The van der Waals surface area contributed by atoms with Gasteiger partial charge in [0, 0.05) is 16.6 Å². The summed E-state index contributed by atoms with van der Waals surface area (Å²) in [6.45, 7) is 4.50. The molecule has 0 spiro atoms. The molecule has 1 fully saturated rings. The summed E-state index contributed by atoms with van der Waals surface area (Å²) in [6, 6.07) is 9.17. The van der Waals surface area contributed by atoms with Crippen LogP contribution in [-0.4, -0.2) is 24.0 Å². The van der Waals surface area contributed by atoms with Crippen LogP contribution in [0.3, 0.4) is 0 Å². The summed E-state index contributed by atoms with van der Waals surface area (Å²) < 4.78 is 1.13. The van der Waals surface area contributed by atoms with Crippen LogP contribution in [0.25, 0.3) is 0 Å². The standard InChI is InChI=1S/C16H25BrN2/c1-13(18)16(14-7-9-15(17)10-8-14)19-11-5-3-2-4-6-12-19/h7-10,13,16H,2-6,11-12,18H2,1H3. The second-order valence-electron chi connectivity index (χ2n) is 5.66. The molecule has 0 saturated carbocycles. The van der Waals surface area contributed by atoms with Crippen molar-refractivity contribution in [2.24, 2.45) is 5.73 Å². The minimum Gasteiger partial charge on any atom is -0.326 e. The van der Waals surface area contributed by atoms with Gasteiger partial charge in [-0.3, -0.25) is 4.90 Å². The highest BCUT2D eigenvalue weighted by Crippen LogP contribution is 2.27. The first-order chi connectivity index (χ1) is 9.18. The van der Waals surface area contributed by atoms with Crippen molar-refractivity contribution in [3.8, 4) is 0 Å². The molecule has 2 unspecified atom stereocenters. The number of benzene rings is 1. The average Bonchev–Trinajstić information content (AvgIpc) is 2.34. The number of hydrogen-bond acceptors (Lipinski definition) is 2. The Hall–Kier alpha value is -0.380. The Kier molecular flexibility index (Phi) is 5.86. The lowest BCUT2D eigenvalue weighted by molar-refractivity contribution is 0.161. The van der Waals surface area contributed by atoms with Crippen molar-refractivity contribution in [1.29, 1.82) is 0 Å². The van der Waals surface area contributed by atoms with Crippen LogP contribution in [0.1, 0.15) is 50.6 Å². The molecule has 1 saturated heterocycles. The summed E-state index contributed by atoms with van der Waals surface area (Å²) in [5, 5.41) is 0. The summed E-state index contributed by atoms with van der Waals surface area (Å²) in [5.74, 6) is 0. The molecule has 2 atom stereocenters. The van der Waals surface area contributed by atoms with Gasteiger partial charge >= 0.3 is 0 Å². The molecule has 1 aromatic carbocycles. The fourth-order valence-corrected chi connectivity index (χ4v) is 3.32. The van der Waals surface area contributed by atoms with E-state index in [1.165, 1.54) is 50.8 Å². The van der Waals surface area contributed by atoms with Gasteiger partial charge in [0.2, 0.25) is 0 Å². The van der Waals surface area contributed by atoms with E-state index < -0.39 is 0 Å². The molecule has 3 heteroatoms. The fourth-order valence-electron chi connectivity index (χ4n) is 3.06. The number of halogens is 1. The lowest BCUT2D eigenvalue weighted by Crippen LogP contribution is -2.41. The van der Waals surface area contributed by atoms with E-state index in [1.807, 2.05) is 0 Å². The third-order valence-corrected chi connectivity index (χ3v) is 4.52. The third-order valence-electron chi connectivity index (χ3n) is 3.99. The highest BCUT2D eigenvalue weighted by Gasteiger charge is 2.24. The Morgan fingerprint density at radius 1 is 1.00 bits per heavy atom. The van der Waals surface area contributed by atoms with Crippen LogP contribution in [-0.2, 0) is 0 Å². The van der Waals surface area contributed by atoms with Crippen molar-refractivity contribution in [3.05, 3.63) is 34.3 Å². The van der Waals surface area contributed by atoms with Gasteiger partial charge in [-0.1, -0.05) is 47.3 Å². The molecule has 0 amide bonds. The Balaban J connectivity index is 2.15. The normalized spacial score (nSPS) is 21.4. The van der Waals surface area contributed by atoms with Gasteiger partial charge in [0.1, 0.15) is 0 Å². The lowest BCUT2D eigenvalue weighted by Gasteiger charge is -2.35. The van der Waals surface area contributed by atoms with Crippen molar-refractivity contribution in [2.45, 2.75) is 51.1 Å². The SMILES string of the molecule is CC(N)C(c1ccc(Br)cc1)N1CCCCCCC1. The van der Waals surface area contributed by atoms with Crippen molar-refractivity contribution in [2.75, 3.05) is 13.1 Å². The Labute approximate surface area is 125 Å². The molecule has 2 N–H and O–H groups in total. The van der Waals surface area contributed by atoms with Gasteiger partial charge in [-0.15, -0.1) is 0 Å². The van der Waals surface area contributed by atoms with Crippen LogP contribution in [0.15, 0.2) is 28.7 Å². The van der Waals surface area contributed by atoms with Gasteiger partial charge in [-0.2, -0.15) is 0 Å². The molecule has 0 radical (unpaired) electrons. The zero-order valence-electron chi connectivity index (χ0n) is 11.8. The van der Waals surface area contributed by atoms with E-state index in [0.29, 0.717) is 6.04 Å². The summed E-state index contributed by atoms with van der Waals surface area (Å²) in [4.78, 5) is 2.59. The molecular weight excluding hydrogens is 300 g/mol. The molecule has 1 aromatic rings. The Morgan fingerprint density at radius 2 is 1.53 bits per heavy atom. The van der Waals surface area contributed by atoms with E-state index in [-0.39, 0.29) is 6.04 Å². The zero-order valence-corrected chi connectivity index (χ0v) is 13.4. The number of rotatable bonds is 3. The van der Waals surface area contributed by atoms with Crippen LogP contribution in [0.5, 0.6) is 0 Å². The molecule has 0 aromatic heterocycles. The molecule has 106 valence electrons. The maximum absolute atomic E-state index is 6.27. The minimum absolute atomic E-state index is 0.167. The first-order valence-electron chi connectivity index (χ1n) is 7.43. The van der Waals surface area contributed by atoms with Gasteiger partial charge in [-0.25, -0.2) is 0 Å². The molecule has 1 aliphatic rings. The van der Waals surface area contributed by atoms with Crippen LogP contribution in [0, 0.1) is 0 Å². The van der Waals surface area contributed by atoms with Gasteiger partial charge in [-0.05, 0) is 50.6 Å². The maximum atomic E-state index is 6.27. The first kappa shape index (κ1) is 15.0. The van der Waals surface area contributed by atoms with Crippen LogP contribution in [0.4, 0.5) is 0 Å². The van der Waals surface area contributed by atoms with Gasteiger partial charge in [0.15, 0.2) is 0 Å². The van der Waals surface area contributed by atoms with Gasteiger partial charge < -0.3 is 5.73 Å². The van der Waals surface area contributed by atoms with Crippen LogP contribution >= 0.6 is 15.9 Å². The highest BCUT2D eigenvalue weighted by molar-refractivity contribution is 9.10. The summed E-state index contributed by atoms with van der Waals surface area (Å²) in [7, 11) is 0. The van der Waals surface area contributed by atoms with Crippen molar-refractivity contribution < 1.29 is 0 Å². The van der Waals surface area contributed by atoms with E-state index in [4.69, 9.17) is 5.73 Å². The summed E-state index contributed by atoms with van der Waals surface area (Å²) >= 11 is 3.51. The van der Waals surface area contributed by atoms with Crippen molar-refractivity contribution >= 4 is 15.9 Å². The van der Waals surface area contributed by atoms with E-state index in [1.54, 1.807) is 0 Å². The number of hydrogen-bond donors (Lipinski definition) is 1. The molecule has 1 aliphatic heterocycles. The lowest BCUT2D eigenvalue weighted by atomic mass is 9.97. The van der Waals surface area contributed by atoms with E-state index in [9.17, 15) is 0 Å². The second kappa shape index (κ2) is 7.41. The smallest absolute Gasteiger partial charge is 0.0496 e. The number of nitrogens with zero attached hydrogens (tertiary/aromatic N) is 1. The molecule has 19 heavy (non-hydrogen) atoms. The predicted octanol–water partition coefficient (Wildman–Crippen LogP) is 4.10. The predicted molar refractivity (Wildman–Crippen MR) is 85.2 cm³/mol. The zero-order chi connectivity index (χ0) is 13.7. The Morgan fingerprint density at radius 3 is 2.05 bits per heavy atom. The Bertz CT molecular complexity index is 367. The van der Waals surface area contributed by atoms with E-state index >= 15 is 0 Å². The molecular formula is C16H25BrN2. The average molecular weight is 325 g/mol. The summed E-state index contributed by atoms with van der Waals surface area (Å²) in [5.41, 5.74) is 7.62. The van der Waals surface area contributed by atoms with E-state index in [2.05, 4.69) is 52.0 Å². The topological polar surface area (TPSA) is 29.3 Å². The number of likely N-dealkylation sites (tertiary alicyclic amines) is 1. The van der Waals surface area contributed by atoms with Crippen LogP contribution < -0.4 is 5.73 Å². The molecule has 1 heterocycles. The molecule has 0 aliphatic carbocycles.